The molecule has 0 saturated heterocycles. The molecule has 0 radical (unpaired) electrons. The Kier molecular flexibility index (Phi) is 3.87. The van der Waals surface area contributed by atoms with Gasteiger partial charge in [0.1, 0.15) is 11.4 Å². The maximum atomic E-state index is 13.4. The number of benzene rings is 1. The second-order valence-electron chi connectivity index (χ2n) is 3.95. The van der Waals surface area contributed by atoms with Crippen molar-refractivity contribution in [2.24, 2.45) is 5.10 Å². The Bertz CT molecular complexity index is 699. The first-order valence-corrected chi connectivity index (χ1v) is 5.45. The molecule has 0 spiro atoms. The van der Waals surface area contributed by atoms with Crippen LogP contribution in [0.1, 0.15) is 18.3 Å². The van der Waals surface area contributed by atoms with Crippen LogP contribution in [-0.4, -0.2) is 16.0 Å². The van der Waals surface area contributed by atoms with E-state index in [9.17, 15) is 22.0 Å². The van der Waals surface area contributed by atoms with Gasteiger partial charge in [0, 0.05) is 0 Å². The number of nitrogens with zero attached hydrogens (tertiary/aromatic N) is 3. The van der Waals surface area contributed by atoms with Crippen molar-refractivity contribution in [1.29, 1.82) is 0 Å². The number of rotatable bonds is 3. The first kappa shape index (κ1) is 14.9. The van der Waals surface area contributed by atoms with Crippen molar-refractivity contribution >= 4 is 11.4 Å². The van der Waals surface area contributed by atoms with Crippen molar-refractivity contribution in [3.05, 3.63) is 40.5 Å². The minimum absolute atomic E-state index is 0.0812. The zero-order valence-electron chi connectivity index (χ0n) is 10.6. The molecule has 0 amide bonds. The van der Waals surface area contributed by atoms with Crippen molar-refractivity contribution < 1.29 is 26.6 Å². The van der Waals surface area contributed by atoms with Crippen LogP contribution in [0.3, 0.4) is 0 Å². The summed E-state index contributed by atoms with van der Waals surface area (Å²) in [7, 11) is 0. The van der Waals surface area contributed by atoms with Crippen molar-refractivity contribution in [3.8, 4) is 0 Å². The molecule has 21 heavy (non-hydrogen) atoms. The lowest BCUT2D eigenvalue weighted by Crippen LogP contribution is -2.08. The lowest BCUT2D eigenvalue weighted by atomic mass is 10.2. The van der Waals surface area contributed by atoms with E-state index in [1.807, 2.05) is 0 Å². The van der Waals surface area contributed by atoms with E-state index in [0.29, 0.717) is 5.69 Å². The molecule has 1 aromatic heterocycles. The Morgan fingerprint density at radius 2 is 1.48 bits per heavy atom. The van der Waals surface area contributed by atoms with E-state index >= 15 is 0 Å². The van der Waals surface area contributed by atoms with E-state index in [0.717, 1.165) is 0 Å². The van der Waals surface area contributed by atoms with Gasteiger partial charge in [-0.3, -0.25) is 5.43 Å². The molecule has 1 heterocycles. The van der Waals surface area contributed by atoms with Crippen LogP contribution in [0.25, 0.3) is 0 Å². The van der Waals surface area contributed by atoms with Gasteiger partial charge in [-0.25, -0.2) is 26.6 Å². The number of hydrogen-bond acceptors (Lipinski definition) is 5. The summed E-state index contributed by atoms with van der Waals surface area (Å²) >= 11 is 0. The second kappa shape index (κ2) is 5.46. The third-order valence-corrected chi connectivity index (χ3v) is 2.54. The zero-order chi connectivity index (χ0) is 15.7. The third-order valence-electron chi connectivity index (χ3n) is 2.54. The molecule has 0 unspecified atom stereocenters. The number of hydrogen-bond donors (Lipinski definition) is 1. The van der Waals surface area contributed by atoms with Gasteiger partial charge >= 0.3 is 0 Å². The maximum absolute atomic E-state index is 13.4. The van der Waals surface area contributed by atoms with Crippen LogP contribution in [0.2, 0.25) is 0 Å². The van der Waals surface area contributed by atoms with Crippen LogP contribution in [0.4, 0.5) is 27.6 Å². The van der Waals surface area contributed by atoms with Crippen molar-refractivity contribution in [3.63, 3.8) is 0 Å². The summed E-state index contributed by atoms with van der Waals surface area (Å²) in [4.78, 5) is 0. The van der Waals surface area contributed by atoms with Crippen molar-refractivity contribution in [2.75, 3.05) is 5.43 Å². The number of aryl methyl sites for hydroxylation is 1. The van der Waals surface area contributed by atoms with Gasteiger partial charge in [-0.15, -0.1) is 0 Å². The fourth-order valence-corrected chi connectivity index (χ4v) is 1.46. The van der Waals surface area contributed by atoms with Gasteiger partial charge in [0.2, 0.25) is 5.82 Å². The highest BCUT2D eigenvalue weighted by Crippen LogP contribution is 2.27. The summed E-state index contributed by atoms with van der Waals surface area (Å²) in [5.74, 6) is -10.4. The van der Waals surface area contributed by atoms with Gasteiger partial charge in [-0.2, -0.15) is 5.10 Å². The molecule has 2 rings (SSSR count). The third kappa shape index (κ3) is 2.56. The Balaban J connectivity index is 2.39. The zero-order valence-corrected chi connectivity index (χ0v) is 10.6. The summed E-state index contributed by atoms with van der Waals surface area (Å²) in [6.45, 7) is 2.91. The van der Waals surface area contributed by atoms with E-state index in [4.69, 9.17) is 0 Å². The number of halogens is 5. The molecule has 0 aliphatic rings. The molecule has 0 aliphatic heterocycles. The number of nitrogens with one attached hydrogen (secondary N) is 1. The van der Waals surface area contributed by atoms with Crippen LogP contribution >= 0.6 is 0 Å². The quantitative estimate of drug-likeness (QED) is 0.311. The van der Waals surface area contributed by atoms with E-state index in [1.165, 1.54) is 13.8 Å². The summed E-state index contributed by atoms with van der Waals surface area (Å²) in [6, 6.07) is 0. The molecule has 1 N–H and O–H groups in total. The Morgan fingerprint density at radius 1 is 0.952 bits per heavy atom. The minimum atomic E-state index is -2.24. The van der Waals surface area contributed by atoms with E-state index in [-0.39, 0.29) is 11.4 Å². The summed E-state index contributed by atoms with van der Waals surface area (Å²) < 4.78 is 70.0. The average molecular weight is 306 g/mol. The lowest BCUT2D eigenvalue weighted by Gasteiger charge is -2.07. The first-order chi connectivity index (χ1) is 9.84. The highest BCUT2D eigenvalue weighted by Gasteiger charge is 2.25. The van der Waals surface area contributed by atoms with Gasteiger partial charge in [0.05, 0.1) is 5.71 Å². The smallest absolute Gasteiger partial charge is 0.200 e. The fraction of sp³-hybridized carbons (Fsp3) is 0.182. The van der Waals surface area contributed by atoms with Gasteiger partial charge in [0.25, 0.3) is 0 Å². The van der Waals surface area contributed by atoms with Gasteiger partial charge < -0.3 is 0 Å². The predicted molar refractivity (Wildman–Crippen MR) is 61.1 cm³/mol. The molecule has 0 saturated carbocycles. The van der Waals surface area contributed by atoms with Gasteiger partial charge in [-0.05, 0) is 19.0 Å². The number of anilines is 1. The summed E-state index contributed by atoms with van der Waals surface area (Å²) in [5, 5.41) is 10.4. The molecule has 0 aliphatic carbocycles. The van der Waals surface area contributed by atoms with Crippen LogP contribution in [0.15, 0.2) is 9.73 Å². The van der Waals surface area contributed by atoms with Crippen LogP contribution < -0.4 is 5.43 Å². The lowest BCUT2D eigenvalue weighted by molar-refractivity contribution is 0.304. The molecule has 0 fully saturated rings. The van der Waals surface area contributed by atoms with Crippen LogP contribution in [-0.2, 0) is 0 Å². The van der Waals surface area contributed by atoms with E-state index in [2.05, 4.69) is 20.0 Å². The monoisotopic (exact) mass is 306 g/mol. The molecular formula is C11H7F5N4O. The highest BCUT2D eigenvalue weighted by molar-refractivity contribution is 5.98. The Labute approximate surface area is 114 Å². The van der Waals surface area contributed by atoms with Crippen molar-refractivity contribution in [1.82, 2.24) is 10.3 Å². The normalized spacial score (nSPS) is 11.9. The Hall–Kier alpha value is -2.52. The number of hydrazone groups is 1. The average Bonchev–Trinajstić information content (AvgIpc) is 2.89. The molecular weight excluding hydrogens is 299 g/mol. The second-order valence-corrected chi connectivity index (χ2v) is 3.95. The molecule has 2 aromatic rings. The topological polar surface area (TPSA) is 63.3 Å². The number of aromatic nitrogens is 2. The van der Waals surface area contributed by atoms with Crippen molar-refractivity contribution in [2.45, 2.75) is 13.8 Å². The van der Waals surface area contributed by atoms with Gasteiger partial charge in [0.15, 0.2) is 29.0 Å². The molecule has 112 valence electrons. The summed E-state index contributed by atoms with van der Waals surface area (Å²) in [6.07, 6.45) is 0. The predicted octanol–water partition coefficient (Wildman–Crippen LogP) is 2.91. The minimum Gasteiger partial charge on any atom is -0.272 e. The van der Waals surface area contributed by atoms with Crippen LogP contribution in [0.5, 0.6) is 0 Å². The first-order valence-electron chi connectivity index (χ1n) is 5.45. The summed E-state index contributed by atoms with van der Waals surface area (Å²) in [5.41, 5.74) is 1.12. The Morgan fingerprint density at radius 3 is 1.95 bits per heavy atom. The molecule has 0 atom stereocenters. The van der Waals surface area contributed by atoms with E-state index < -0.39 is 34.8 Å². The molecule has 1 aromatic carbocycles. The molecule has 10 heteroatoms. The van der Waals surface area contributed by atoms with Gasteiger partial charge in [-0.1, -0.05) is 5.16 Å². The largest absolute Gasteiger partial charge is 0.272 e. The maximum Gasteiger partial charge on any atom is 0.200 e. The standard InChI is InChI=1S/C11H7F5N4O/c1-3(10-4(2)19-21-20-10)17-18-11-8(15)6(13)5(12)7(14)9(11)16/h18H,1-2H3/b17-3-. The fourth-order valence-electron chi connectivity index (χ4n) is 1.46. The molecule has 0 bridgehead atoms. The highest BCUT2D eigenvalue weighted by atomic mass is 19.2. The molecule has 5 nitrogen and oxygen atoms in total. The SMILES string of the molecule is C/C(=N/Nc1c(F)c(F)c(F)c(F)c1F)c1nonc1C. The van der Waals surface area contributed by atoms with Crippen LogP contribution in [0, 0.1) is 36.0 Å². The van der Waals surface area contributed by atoms with E-state index in [1.54, 1.807) is 5.43 Å².